The van der Waals surface area contributed by atoms with Gasteiger partial charge in [0.25, 0.3) is 0 Å². The fourth-order valence-electron chi connectivity index (χ4n) is 3.83. The van der Waals surface area contributed by atoms with Crippen LogP contribution >= 0.6 is 0 Å². The third-order valence-electron chi connectivity index (χ3n) is 5.49. The van der Waals surface area contributed by atoms with E-state index in [2.05, 4.69) is 76.6 Å². The van der Waals surface area contributed by atoms with E-state index in [0.29, 0.717) is 0 Å². The van der Waals surface area contributed by atoms with Gasteiger partial charge in [0.2, 0.25) is 5.95 Å². The standard InChI is InChI=1S/C23H23N5/c1-27-11-13-28(14-12-27)23-25-15-19(17-7-3-2-4-8-17)22(26-23)20-16-24-21-10-6-5-9-18(20)21/h2-10,15-16,24H,11-14H2,1H3. The number of piperazine rings is 1. The van der Waals surface area contributed by atoms with Gasteiger partial charge < -0.3 is 14.8 Å². The molecular weight excluding hydrogens is 346 g/mol. The number of nitrogens with zero attached hydrogens (tertiary/aromatic N) is 4. The van der Waals surface area contributed by atoms with Crippen LogP contribution in [0.5, 0.6) is 0 Å². The first-order chi connectivity index (χ1) is 13.8. The highest BCUT2D eigenvalue weighted by molar-refractivity contribution is 5.98. The minimum Gasteiger partial charge on any atom is -0.360 e. The van der Waals surface area contributed by atoms with E-state index >= 15 is 0 Å². The molecule has 1 aliphatic rings. The SMILES string of the molecule is CN1CCN(c2ncc(-c3ccccc3)c(-c3c[nH]c4ccccc34)n2)CC1. The van der Waals surface area contributed by atoms with Gasteiger partial charge >= 0.3 is 0 Å². The molecule has 4 aromatic rings. The monoisotopic (exact) mass is 369 g/mol. The predicted molar refractivity (Wildman–Crippen MR) is 114 cm³/mol. The Bertz CT molecular complexity index is 1090. The molecule has 0 aliphatic carbocycles. The zero-order valence-corrected chi connectivity index (χ0v) is 16.0. The highest BCUT2D eigenvalue weighted by atomic mass is 15.3. The number of hydrogen-bond acceptors (Lipinski definition) is 4. The number of aromatic nitrogens is 3. The average molecular weight is 369 g/mol. The molecule has 0 radical (unpaired) electrons. The fraction of sp³-hybridized carbons (Fsp3) is 0.217. The number of fused-ring (bicyclic) bond motifs is 1. The Morgan fingerprint density at radius 3 is 2.43 bits per heavy atom. The Morgan fingerprint density at radius 2 is 1.61 bits per heavy atom. The van der Waals surface area contributed by atoms with Gasteiger partial charge in [-0.3, -0.25) is 0 Å². The van der Waals surface area contributed by atoms with Crippen LogP contribution in [0.25, 0.3) is 33.3 Å². The van der Waals surface area contributed by atoms with Gasteiger partial charge in [-0.2, -0.15) is 0 Å². The summed E-state index contributed by atoms with van der Waals surface area (Å²) in [6.07, 6.45) is 4.04. The molecule has 5 nitrogen and oxygen atoms in total. The van der Waals surface area contributed by atoms with Gasteiger partial charge in [0.15, 0.2) is 0 Å². The number of likely N-dealkylation sites (N-methyl/N-ethyl adjacent to an activating group) is 1. The van der Waals surface area contributed by atoms with Crippen molar-refractivity contribution in [3.8, 4) is 22.4 Å². The molecule has 140 valence electrons. The van der Waals surface area contributed by atoms with E-state index in [1.54, 1.807) is 0 Å². The van der Waals surface area contributed by atoms with E-state index in [9.17, 15) is 0 Å². The smallest absolute Gasteiger partial charge is 0.225 e. The average Bonchev–Trinajstić information content (AvgIpc) is 3.19. The van der Waals surface area contributed by atoms with Crippen LogP contribution in [0.3, 0.4) is 0 Å². The molecule has 0 atom stereocenters. The Labute approximate surface area is 164 Å². The molecule has 3 heterocycles. The zero-order valence-electron chi connectivity index (χ0n) is 16.0. The number of para-hydroxylation sites is 1. The van der Waals surface area contributed by atoms with E-state index in [-0.39, 0.29) is 0 Å². The molecule has 0 bridgehead atoms. The molecule has 5 rings (SSSR count). The first kappa shape index (κ1) is 17.0. The number of hydrogen-bond donors (Lipinski definition) is 1. The molecule has 28 heavy (non-hydrogen) atoms. The lowest BCUT2D eigenvalue weighted by molar-refractivity contribution is 0.311. The first-order valence-corrected chi connectivity index (χ1v) is 9.72. The Balaban J connectivity index is 1.66. The topological polar surface area (TPSA) is 48.0 Å². The van der Waals surface area contributed by atoms with Gasteiger partial charge in [0.1, 0.15) is 0 Å². The molecule has 5 heteroatoms. The van der Waals surface area contributed by atoms with Crippen molar-refractivity contribution in [2.24, 2.45) is 0 Å². The number of H-pyrrole nitrogens is 1. The van der Waals surface area contributed by atoms with Crippen molar-refractivity contribution in [3.05, 3.63) is 67.0 Å². The molecule has 2 aromatic heterocycles. The van der Waals surface area contributed by atoms with Gasteiger partial charge in [0, 0.05) is 60.6 Å². The van der Waals surface area contributed by atoms with Gasteiger partial charge in [0.05, 0.1) is 5.69 Å². The summed E-state index contributed by atoms with van der Waals surface area (Å²) in [5.74, 6) is 0.813. The normalized spacial score (nSPS) is 15.2. The summed E-state index contributed by atoms with van der Waals surface area (Å²) in [6, 6.07) is 18.8. The van der Waals surface area contributed by atoms with Crippen molar-refractivity contribution in [3.63, 3.8) is 0 Å². The quantitative estimate of drug-likeness (QED) is 0.592. The lowest BCUT2D eigenvalue weighted by Gasteiger charge is -2.32. The number of rotatable bonds is 3. The van der Waals surface area contributed by atoms with E-state index in [0.717, 1.165) is 60.0 Å². The van der Waals surface area contributed by atoms with Gasteiger partial charge in [-0.05, 0) is 18.7 Å². The van der Waals surface area contributed by atoms with Crippen LogP contribution in [0.15, 0.2) is 67.0 Å². The zero-order chi connectivity index (χ0) is 18.9. The van der Waals surface area contributed by atoms with Crippen molar-refractivity contribution in [2.45, 2.75) is 0 Å². The second-order valence-corrected chi connectivity index (χ2v) is 7.34. The first-order valence-electron chi connectivity index (χ1n) is 9.72. The largest absolute Gasteiger partial charge is 0.360 e. The second-order valence-electron chi connectivity index (χ2n) is 7.34. The Morgan fingerprint density at radius 1 is 0.857 bits per heavy atom. The molecule has 0 saturated carbocycles. The van der Waals surface area contributed by atoms with Crippen molar-refractivity contribution in [1.82, 2.24) is 19.9 Å². The van der Waals surface area contributed by atoms with Crippen LogP contribution < -0.4 is 4.90 Å². The lowest BCUT2D eigenvalue weighted by atomic mass is 10.0. The highest BCUT2D eigenvalue weighted by Crippen LogP contribution is 2.35. The van der Waals surface area contributed by atoms with Crippen LogP contribution in [0.2, 0.25) is 0 Å². The van der Waals surface area contributed by atoms with E-state index in [1.807, 2.05) is 12.3 Å². The number of nitrogens with one attached hydrogen (secondary N) is 1. The minimum absolute atomic E-state index is 0.813. The van der Waals surface area contributed by atoms with Crippen LogP contribution in [0.4, 0.5) is 5.95 Å². The van der Waals surface area contributed by atoms with Crippen molar-refractivity contribution in [2.75, 3.05) is 38.1 Å². The van der Waals surface area contributed by atoms with Gasteiger partial charge in [-0.1, -0.05) is 48.5 Å². The highest BCUT2D eigenvalue weighted by Gasteiger charge is 2.20. The van der Waals surface area contributed by atoms with Gasteiger partial charge in [-0.25, -0.2) is 9.97 Å². The third-order valence-corrected chi connectivity index (χ3v) is 5.49. The summed E-state index contributed by atoms with van der Waals surface area (Å²) in [6.45, 7) is 3.97. The fourth-order valence-corrected chi connectivity index (χ4v) is 3.83. The predicted octanol–water partition coefficient (Wildman–Crippen LogP) is 4.04. The van der Waals surface area contributed by atoms with Crippen molar-refractivity contribution >= 4 is 16.9 Å². The summed E-state index contributed by atoms with van der Waals surface area (Å²) in [4.78, 5) is 17.8. The number of aromatic amines is 1. The van der Waals surface area contributed by atoms with Crippen molar-refractivity contribution in [1.29, 1.82) is 0 Å². The maximum absolute atomic E-state index is 5.07. The molecule has 1 aliphatic heterocycles. The van der Waals surface area contributed by atoms with E-state index in [1.165, 1.54) is 5.39 Å². The van der Waals surface area contributed by atoms with Crippen LogP contribution in [0.1, 0.15) is 0 Å². The molecule has 0 spiro atoms. The van der Waals surface area contributed by atoms with E-state index < -0.39 is 0 Å². The molecule has 0 unspecified atom stereocenters. The molecule has 2 aromatic carbocycles. The Kier molecular flexibility index (Phi) is 4.29. The summed E-state index contributed by atoms with van der Waals surface area (Å²) >= 11 is 0. The van der Waals surface area contributed by atoms with Crippen LogP contribution in [-0.2, 0) is 0 Å². The maximum atomic E-state index is 5.07. The number of benzene rings is 2. The Hall–Kier alpha value is -3.18. The van der Waals surface area contributed by atoms with E-state index in [4.69, 9.17) is 9.97 Å². The molecule has 1 N–H and O–H groups in total. The molecular formula is C23H23N5. The number of anilines is 1. The molecule has 1 fully saturated rings. The third kappa shape index (κ3) is 3.04. The van der Waals surface area contributed by atoms with Crippen LogP contribution in [-0.4, -0.2) is 53.1 Å². The summed E-state index contributed by atoms with van der Waals surface area (Å²) < 4.78 is 0. The second kappa shape index (κ2) is 7.09. The lowest BCUT2D eigenvalue weighted by Crippen LogP contribution is -2.45. The van der Waals surface area contributed by atoms with Crippen LogP contribution in [0, 0.1) is 0 Å². The summed E-state index contributed by atoms with van der Waals surface area (Å²) in [5.41, 5.74) is 5.41. The minimum atomic E-state index is 0.813. The summed E-state index contributed by atoms with van der Waals surface area (Å²) in [7, 11) is 2.16. The molecule has 0 amide bonds. The molecule has 1 saturated heterocycles. The summed E-state index contributed by atoms with van der Waals surface area (Å²) in [5, 5.41) is 1.18. The van der Waals surface area contributed by atoms with Gasteiger partial charge in [-0.15, -0.1) is 0 Å². The van der Waals surface area contributed by atoms with Crippen molar-refractivity contribution < 1.29 is 0 Å². The maximum Gasteiger partial charge on any atom is 0.225 e.